The Morgan fingerprint density at radius 1 is 1.33 bits per heavy atom. The average Bonchev–Trinajstić information content (AvgIpc) is 3.23. The molecule has 0 aromatic carbocycles. The van der Waals surface area contributed by atoms with Crippen LogP contribution in [0.5, 0.6) is 0 Å². The zero-order valence-electron chi connectivity index (χ0n) is 15.5. The number of rotatable bonds is 6. The fourth-order valence-corrected chi connectivity index (χ4v) is 2.71. The van der Waals surface area contributed by atoms with Crippen molar-refractivity contribution in [2.45, 2.75) is 46.6 Å². The normalized spacial score (nSPS) is 12.1. The monoisotopic (exact) mass is 372 g/mol. The second kappa shape index (κ2) is 7.52. The first-order chi connectivity index (χ1) is 12.8. The van der Waals surface area contributed by atoms with Gasteiger partial charge in [-0.25, -0.2) is 9.50 Å². The van der Waals surface area contributed by atoms with Crippen LogP contribution in [-0.2, 0) is 20.7 Å². The Kier molecular flexibility index (Phi) is 5.15. The molecule has 0 bridgehead atoms. The van der Waals surface area contributed by atoms with Crippen molar-refractivity contribution in [3.05, 3.63) is 35.1 Å². The van der Waals surface area contributed by atoms with Crippen LogP contribution in [0.25, 0.3) is 5.78 Å². The van der Waals surface area contributed by atoms with E-state index < -0.39 is 18.0 Å². The summed E-state index contributed by atoms with van der Waals surface area (Å²) in [6.07, 6.45) is 1.02. The number of aromatic nitrogens is 5. The van der Waals surface area contributed by atoms with Crippen LogP contribution in [0.2, 0.25) is 0 Å². The van der Waals surface area contributed by atoms with Crippen molar-refractivity contribution in [1.82, 2.24) is 24.7 Å². The van der Waals surface area contributed by atoms with E-state index in [4.69, 9.17) is 9.26 Å². The zero-order chi connectivity index (χ0) is 19.6. The van der Waals surface area contributed by atoms with Crippen LogP contribution in [0.1, 0.15) is 36.1 Å². The number of nitrogens with zero attached hydrogens (tertiary/aromatic N) is 5. The van der Waals surface area contributed by atoms with E-state index in [9.17, 15) is 9.59 Å². The van der Waals surface area contributed by atoms with Crippen molar-refractivity contribution in [3.63, 3.8) is 0 Å². The molecule has 0 aliphatic rings. The summed E-state index contributed by atoms with van der Waals surface area (Å²) in [5.74, 6) is 0.406. The Morgan fingerprint density at radius 2 is 2.11 bits per heavy atom. The zero-order valence-corrected chi connectivity index (χ0v) is 15.5. The second-order valence-electron chi connectivity index (χ2n) is 6.18. The Bertz CT molecular complexity index is 993. The number of carbonyl (C=O) groups is 2. The highest BCUT2D eigenvalue weighted by atomic mass is 16.5. The molecule has 3 rings (SSSR count). The minimum atomic E-state index is -0.951. The van der Waals surface area contributed by atoms with Gasteiger partial charge in [0.05, 0.1) is 0 Å². The van der Waals surface area contributed by atoms with Crippen LogP contribution in [0.15, 0.2) is 16.9 Å². The quantitative estimate of drug-likeness (QED) is 0.646. The van der Waals surface area contributed by atoms with E-state index in [-0.39, 0.29) is 12.2 Å². The van der Waals surface area contributed by atoms with Crippen molar-refractivity contribution < 1.29 is 18.8 Å². The summed E-state index contributed by atoms with van der Waals surface area (Å²) in [5, 5.41) is 10.3. The molecule has 0 saturated carbocycles. The maximum atomic E-state index is 12.1. The fraction of sp³-hybridized carbons (Fsp3) is 0.412. The summed E-state index contributed by atoms with van der Waals surface area (Å²) in [6.45, 7) is 6.96. The van der Waals surface area contributed by atoms with E-state index in [1.807, 2.05) is 13.8 Å². The molecule has 0 spiro atoms. The molecular weight excluding hydrogens is 352 g/mol. The van der Waals surface area contributed by atoms with Gasteiger partial charge >= 0.3 is 5.97 Å². The van der Waals surface area contributed by atoms with Gasteiger partial charge in [0.1, 0.15) is 12.1 Å². The minimum absolute atomic E-state index is 0.115. The summed E-state index contributed by atoms with van der Waals surface area (Å²) < 4.78 is 11.7. The largest absolute Gasteiger partial charge is 0.453 e. The smallest absolute Gasteiger partial charge is 0.306 e. The predicted molar refractivity (Wildman–Crippen MR) is 94.0 cm³/mol. The van der Waals surface area contributed by atoms with Crippen LogP contribution < -0.4 is 5.32 Å². The molecule has 1 amide bonds. The van der Waals surface area contributed by atoms with E-state index in [1.165, 1.54) is 13.3 Å². The van der Waals surface area contributed by atoms with Gasteiger partial charge in [-0.15, -0.1) is 0 Å². The third kappa shape index (κ3) is 4.10. The van der Waals surface area contributed by atoms with Crippen LogP contribution in [0, 0.1) is 20.8 Å². The van der Waals surface area contributed by atoms with E-state index in [0.29, 0.717) is 18.0 Å². The van der Waals surface area contributed by atoms with E-state index >= 15 is 0 Å². The molecule has 10 nitrogen and oxygen atoms in total. The van der Waals surface area contributed by atoms with E-state index in [1.54, 1.807) is 17.5 Å². The third-order valence-electron chi connectivity index (χ3n) is 4.12. The second-order valence-corrected chi connectivity index (χ2v) is 6.18. The lowest BCUT2D eigenvalue weighted by atomic mass is 10.1. The van der Waals surface area contributed by atoms with E-state index in [0.717, 1.165) is 17.0 Å². The Morgan fingerprint density at radius 3 is 2.81 bits per heavy atom. The molecule has 1 unspecified atom stereocenters. The Balaban J connectivity index is 1.57. The first-order valence-corrected chi connectivity index (χ1v) is 8.44. The number of anilines is 1. The van der Waals surface area contributed by atoms with E-state index in [2.05, 4.69) is 25.5 Å². The fourth-order valence-electron chi connectivity index (χ4n) is 2.71. The molecule has 0 aliphatic heterocycles. The van der Waals surface area contributed by atoms with Gasteiger partial charge in [-0.3, -0.25) is 9.59 Å². The highest BCUT2D eigenvalue weighted by Gasteiger charge is 2.20. The molecular formula is C17H20N6O4. The molecule has 0 saturated heterocycles. The summed E-state index contributed by atoms with van der Waals surface area (Å²) in [7, 11) is 0. The lowest BCUT2D eigenvalue weighted by Gasteiger charge is -2.13. The summed E-state index contributed by atoms with van der Waals surface area (Å²) in [5.41, 5.74) is 2.56. The van der Waals surface area contributed by atoms with Crippen molar-refractivity contribution in [2.75, 3.05) is 5.32 Å². The van der Waals surface area contributed by atoms with Gasteiger partial charge in [0.15, 0.2) is 11.9 Å². The van der Waals surface area contributed by atoms with Crippen molar-refractivity contribution in [2.24, 2.45) is 0 Å². The maximum Gasteiger partial charge on any atom is 0.306 e. The van der Waals surface area contributed by atoms with Crippen LogP contribution in [-0.4, -0.2) is 42.7 Å². The summed E-state index contributed by atoms with van der Waals surface area (Å²) in [6, 6.07) is 1.57. The highest BCUT2D eigenvalue weighted by molar-refractivity contribution is 5.94. The predicted octanol–water partition coefficient (Wildman–Crippen LogP) is 1.54. The molecule has 3 aromatic heterocycles. The number of aryl methyl sites for hydroxylation is 3. The first kappa shape index (κ1) is 18.5. The van der Waals surface area contributed by atoms with Crippen LogP contribution in [0.4, 0.5) is 5.82 Å². The van der Waals surface area contributed by atoms with Gasteiger partial charge in [-0.05, 0) is 39.7 Å². The van der Waals surface area contributed by atoms with Gasteiger partial charge in [-0.2, -0.15) is 10.1 Å². The number of carbonyl (C=O) groups excluding carboxylic acids is 2. The van der Waals surface area contributed by atoms with Crippen LogP contribution in [0.3, 0.4) is 0 Å². The lowest BCUT2D eigenvalue weighted by molar-refractivity contribution is -0.153. The molecule has 1 N–H and O–H groups in total. The van der Waals surface area contributed by atoms with Crippen molar-refractivity contribution >= 4 is 23.5 Å². The Hall–Kier alpha value is -3.30. The molecule has 3 aromatic rings. The highest BCUT2D eigenvalue weighted by Crippen LogP contribution is 2.15. The number of hydrogen-bond donors (Lipinski definition) is 1. The Labute approximate surface area is 154 Å². The summed E-state index contributed by atoms with van der Waals surface area (Å²) in [4.78, 5) is 32.6. The molecule has 3 heterocycles. The van der Waals surface area contributed by atoms with Gasteiger partial charge in [-0.1, -0.05) is 5.16 Å². The van der Waals surface area contributed by atoms with Gasteiger partial charge in [0, 0.05) is 23.9 Å². The van der Waals surface area contributed by atoms with Gasteiger partial charge < -0.3 is 14.6 Å². The van der Waals surface area contributed by atoms with Crippen molar-refractivity contribution in [1.29, 1.82) is 0 Å². The number of fused-ring (bicyclic) bond motifs is 1. The number of ether oxygens (including phenoxy) is 1. The molecule has 10 heteroatoms. The topological polar surface area (TPSA) is 125 Å². The van der Waals surface area contributed by atoms with Gasteiger partial charge in [0.2, 0.25) is 0 Å². The van der Waals surface area contributed by atoms with Crippen molar-refractivity contribution in [3.8, 4) is 0 Å². The number of nitrogens with one attached hydrogen (secondary N) is 1. The summed E-state index contributed by atoms with van der Waals surface area (Å²) >= 11 is 0. The minimum Gasteiger partial charge on any atom is -0.453 e. The number of hydrogen-bond acceptors (Lipinski definition) is 8. The number of amides is 1. The third-order valence-corrected chi connectivity index (χ3v) is 4.12. The molecule has 0 fully saturated rings. The molecule has 142 valence electrons. The van der Waals surface area contributed by atoms with Crippen LogP contribution >= 0.6 is 0 Å². The van der Waals surface area contributed by atoms with Gasteiger partial charge in [0.25, 0.3) is 11.7 Å². The molecule has 27 heavy (non-hydrogen) atoms. The molecule has 0 radical (unpaired) electrons. The molecule has 0 aliphatic carbocycles. The first-order valence-electron chi connectivity index (χ1n) is 8.44. The average molecular weight is 372 g/mol. The maximum absolute atomic E-state index is 12.1. The molecule has 1 atom stereocenters. The lowest BCUT2D eigenvalue weighted by Crippen LogP contribution is -2.30. The standard InChI is InChI=1S/C17H20N6O4/c1-9-7-14(22-27-9)21-16(25)12(4)26-15(24)6-5-13-10(2)20-17-18-8-19-23(17)11(13)3/h7-8,12H,5-6H2,1-4H3,(H,21,22,25). The number of esters is 1. The SMILES string of the molecule is Cc1cc(NC(=O)C(C)OC(=O)CCc2c(C)nc3ncnn3c2C)no1.